The van der Waals surface area contributed by atoms with Gasteiger partial charge < -0.3 is 15.3 Å². The molecule has 0 heterocycles. The predicted octanol–water partition coefficient (Wildman–Crippen LogP) is 1.42. The monoisotopic (exact) mass is 230 g/mol. The fourth-order valence-corrected chi connectivity index (χ4v) is 1.81. The molecule has 0 radical (unpaired) electrons. The molecule has 0 spiro atoms. The van der Waals surface area contributed by atoms with Crippen LogP contribution in [0.1, 0.15) is 34.1 Å². The molecule has 0 bridgehead atoms. The highest BCUT2D eigenvalue weighted by molar-refractivity contribution is 5.73. The average molecular weight is 230 g/mol. The van der Waals surface area contributed by atoms with Gasteiger partial charge in [-0.05, 0) is 32.9 Å². The Kier molecular flexibility index (Phi) is 7.34. The minimum Gasteiger partial charge on any atom is -0.480 e. The Labute approximate surface area is 99.0 Å². The molecule has 0 fully saturated rings. The Morgan fingerprint density at radius 2 is 1.94 bits per heavy atom. The van der Waals surface area contributed by atoms with E-state index >= 15 is 0 Å². The van der Waals surface area contributed by atoms with E-state index in [4.69, 9.17) is 5.11 Å². The molecule has 0 saturated carbocycles. The van der Waals surface area contributed by atoms with Crippen LogP contribution in [0.5, 0.6) is 0 Å². The lowest BCUT2D eigenvalue weighted by Crippen LogP contribution is -2.47. The van der Waals surface area contributed by atoms with Gasteiger partial charge in [-0.1, -0.05) is 20.8 Å². The predicted molar refractivity (Wildman–Crippen MR) is 66.6 cm³/mol. The summed E-state index contributed by atoms with van der Waals surface area (Å²) in [6, 6.07) is -0.0508. The Morgan fingerprint density at radius 3 is 2.31 bits per heavy atom. The smallest absolute Gasteiger partial charge is 0.322 e. The highest BCUT2D eigenvalue weighted by Crippen LogP contribution is 2.09. The standard InChI is InChI=1S/C12H26N2O2/c1-6-13-11(12(15)16)8-14(5)10(4)7-9(2)3/h9-11,13H,6-8H2,1-5H3,(H,15,16). The lowest BCUT2D eigenvalue weighted by atomic mass is 10.0. The van der Waals surface area contributed by atoms with Crippen molar-refractivity contribution < 1.29 is 9.90 Å². The van der Waals surface area contributed by atoms with E-state index in [-0.39, 0.29) is 0 Å². The molecule has 0 aliphatic carbocycles. The lowest BCUT2D eigenvalue weighted by Gasteiger charge is -2.28. The molecule has 0 rings (SSSR count). The van der Waals surface area contributed by atoms with Crippen LogP contribution in [0.25, 0.3) is 0 Å². The largest absolute Gasteiger partial charge is 0.480 e. The van der Waals surface area contributed by atoms with Crippen molar-refractivity contribution in [3.05, 3.63) is 0 Å². The van der Waals surface area contributed by atoms with Crippen LogP contribution in [0.3, 0.4) is 0 Å². The number of nitrogens with zero attached hydrogens (tertiary/aromatic N) is 1. The van der Waals surface area contributed by atoms with Crippen molar-refractivity contribution >= 4 is 5.97 Å². The second-order valence-corrected chi connectivity index (χ2v) is 4.87. The molecule has 0 aromatic carbocycles. The van der Waals surface area contributed by atoms with Crippen molar-refractivity contribution in [2.75, 3.05) is 20.1 Å². The maximum absolute atomic E-state index is 11.0. The molecule has 2 N–H and O–H groups in total. The molecule has 0 saturated heterocycles. The van der Waals surface area contributed by atoms with Crippen molar-refractivity contribution in [2.45, 2.75) is 46.2 Å². The van der Waals surface area contributed by atoms with E-state index in [0.29, 0.717) is 25.0 Å². The van der Waals surface area contributed by atoms with E-state index in [1.54, 1.807) is 0 Å². The molecule has 16 heavy (non-hydrogen) atoms. The zero-order chi connectivity index (χ0) is 12.7. The van der Waals surface area contributed by atoms with Crippen LogP contribution >= 0.6 is 0 Å². The third-order valence-electron chi connectivity index (χ3n) is 2.78. The molecule has 2 atom stereocenters. The number of hydrogen-bond acceptors (Lipinski definition) is 3. The number of nitrogens with one attached hydrogen (secondary N) is 1. The second-order valence-electron chi connectivity index (χ2n) is 4.87. The molecule has 0 aliphatic rings. The molecular weight excluding hydrogens is 204 g/mol. The topological polar surface area (TPSA) is 52.6 Å². The van der Waals surface area contributed by atoms with Gasteiger partial charge >= 0.3 is 5.97 Å². The van der Waals surface area contributed by atoms with Crippen LogP contribution < -0.4 is 5.32 Å². The summed E-state index contributed by atoms with van der Waals surface area (Å²) in [7, 11) is 1.99. The first-order valence-corrected chi connectivity index (χ1v) is 6.04. The first-order chi connectivity index (χ1) is 7.38. The molecule has 4 nitrogen and oxygen atoms in total. The molecule has 0 aromatic rings. The van der Waals surface area contributed by atoms with Crippen molar-refractivity contribution in [1.82, 2.24) is 10.2 Å². The Bertz CT molecular complexity index is 207. The fraction of sp³-hybridized carbons (Fsp3) is 0.917. The number of carbonyl (C=O) groups is 1. The summed E-state index contributed by atoms with van der Waals surface area (Å²) in [5.41, 5.74) is 0. The van der Waals surface area contributed by atoms with Gasteiger partial charge in [-0.3, -0.25) is 4.79 Å². The van der Waals surface area contributed by atoms with Crippen LogP contribution in [0, 0.1) is 5.92 Å². The normalized spacial score (nSPS) is 15.4. The number of carboxylic acids is 1. The van der Waals surface area contributed by atoms with Crippen molar-refractivity contribution in [3.8, 4) is 0 Å². The van der Waals surface area contributed by atoms with E-state index in [1.807, 2.05) is 14.0 Å². The summed E-state index contributed by atoms with van der Waals surface area (Å²) < 4.78 is 0. The van der Waals surface area contributed by atoms with Gasteiger partial charge in [0.2, 0.25) is 0 Å². The van der Waals surface area contributed by atoms with Crippen LogP contribution in [-0.2, 0) is 4.79 Å². The van der Waals surface area contributed by atoms with Gasteiger partial charge in [-0.15, -0.1) is 0 Å². The van der Waals surface area contributed by atoms with Crippen LogP contribution in [0.2, 0.25) is 0 Å². The van der Waals surface area contributed by atoms with Gasteiger partial charge in [0.25, 0.3) is 0 Å². The Hall–Kier alpha value is -0.610. The number of rotatable bonds is 8. The highest BCUT2D eigenvalue weighted by atomic mass is 16.4. The van der Waals surface area contributed by atoms with Gasteiger partial charge in [0.15, 0.2) is 0 Å². The molecular formula is C12H26N2O2. The third-order valence-corrected chi connectivity index (χ3v) is 2.78. The molecule has 0 aromatic heterocycles. The molecule has 4 heteroatoms. The van der Waals surface area contributed by atoms with Gasteiger partial charge in [0.1, 0.15) is 6.04 Å². The maximum Gasteiger partial charge on any atom is 0.322 e. The van der Waals surface area contributed by atoms with E-state index in [0.717, 1.165) is 6.42 Å². The SMILES string of the molecule is CCNC(CN(C)C(C)CC(C)C)C(=O)O. The first-order valence-electron chi connectivity index (χ1n) is 6.04. The summed E-state index contributed by atoms with van der Waals surface area (Å²) in [6.07, 6.45) is 1.09. The van der Waals surface area contributed by atoms with E-state index in [9.17, 15) is 4.79 Å². The van der Waals surface area contributed by atoms with E-state index < -0.39 is 12.0 Å². The van der Waals surface area contributed by atoms with Crippen LogP contribution in [0.4, 0.5) is 0 Å². The number of carboxylic acid groups (broad SMARTS) is 1. The number of likely N-dealkylation sites (N-methyl/N-ethyl adjacent to an activating group) is 2. The first kappa shape index (κ1) is 15.4. The zero-order valence-electron chi connectivity index (χ0n) is 11.2. The summed E-state index contributed by atoms with van der Waals surface area (Å²) >= 11 is 0. The molecule has 2 unspecified atom stereocenters. The Morgan fingerprint density at radius 1 is 1.38 bits per heavy atom. The lowest BCUT2D eigenvalue weighted by molar-refractivity contribution is -0.140. The number of aliphatic carboxylic acids is 1. The summed E-state index contributed by atoms with van der Waals surface area (Å²) in [6.45, 7) is 9.67. The van der Waals surface area contributed by atoms with Crippen LogP contribution in [-0.4, -0.2) is 48.2 Å². The fourth-order valence-electron chi connectivity index (χ4n) is 1.81. The minimum atomic E-state index is -0.773. The van der Waals surface area contributed by atoms with E-state index in [1.165, 1.54) is 0 Å². The molecule has 0 aliphatic heterocycles. The number of hydrogen-bond donors (Lipinski definition) is 2. The molecule has 0 amide bonds. The van der Waals surface area contributed by atoms with Gasteiger partial charge in [0, 0.05) is 12.6 Å². The highest BCUT2D eigenvalue weighted by Gasteiger charge is 2.20. The van der Waals surface area contributed by atoms with Crippen LogP contribution in [0.15, 0.2) is 0 Å². The zero-order valence-corrected chi connectivity index (χ0v) is 11.2. The van der Waals surface area contributed by atoms with Crippen molar-refractivity contribution in [3.63, 3.8) is 0 Å². The Balaban J connectivity index is 4.16. The quantitative estimate of drug-likeness (QED) is 0.662. The third kappa shape index (κ3) is 6.08. The van der Waals surface area contributed by atoms with Gasteiger partial charge in [0.05, 0.1) is 0 Å². The maximum atomic E-state index is 11.0. The second kappa shape index (κ2) is 7.63. The molecule has 96 valence electrons. The van der Waals surface area contributed by atoms with E-state index in [2.05, 4.69) is 31.0 Å². The van der Waals surface area contributed by atoms with Crippen molar-refractivity contribution in [2.24, 2.45) is 5.92 Å². The van der Waals surface area contributed by atoms with Gasteiger partial charge in [-0.2, -0.15) is 0 Å². The van der Waals surface area contributed by atoms with Gasteiger partial charge in [-0.25, -0.2) is 0 Å². The van der Waals surface area contributed by atoms with Crippen molar-refractivity contribution in [1.29, 1.82) is 0 Å². The summed E-state index contributed by atoms with van der Waals surface area (Å²) in [5, 5.41) is 12.0. The average Bonchev–Trinajstić information content (AvgIpc) is 2.15. The minimum absolute atomic E-state index is 0.417. The summed E-state index contributed by atoms with van der Waals surface area (Å²) in [4.78, 5) is 13.1. The summed E-state index contributed by atoms with van der Waals surface area (Å²) in [5.74, 6) is -0.134.